The van der Waals surface area contributed by atoms with Crippen LogP contribution in [0, 0.1) is 0 Å². The zero-order valence-corrected chi connectivity index (χ0v) is 22.4. The molecule has 5 N–H and O–H groups in total. The van der Waals surface area contributed by atoms with Crippen LogP contribution < -0.4 is 16.4 Å². The molecule has 5 rings (SSSR count). The Morgan fingerprint density at radius 2 is 1.92 bits per heavy atom. The van der Waals surface area contributed by atoms with Crippen LogP contribution in [0.3, 0.4) is 0 Å². The predicted octanol–water partition coefficient (Wildman–Crippen LogP) is 2.15. The summed E-state index contributed by atoms with van der Waals surface area (Å²) in [5.74, 6) is -1.05. The number of benzene rings is 1. The van der Waals surface area contributed by atoms with Crippen molar-refractivity contribution in [2.24, 2.45) is 5.73 Å². The van der Waals surface area contributed by atoms with E-state index in [1.54, 1.807) is 51.3 Å². The van der Waals surface area contributed by atoms with Gasteiger partial charge in [0.15, 0.2) is 0 Å². The smallest absolute Gasteiger partial charge is 0.274 e. The molecular formula is C26H26ClN7O4S. The van der Waals surface area contributed by atoms with Crippen LogP contribution in [0.1, 0.15) is 44.0 Å². The summed E-state index contributed by atoms with van der Waals surface area (Å²) in [6.45, 7) is 0.324. The van der Waals surface area contributed by atoms with Gasteiger partial charge in [0.05, 0.1) is 11.1 Å². The summed E-state index contributed by atoms with van der Waals surface area (Å²) in [7, 11) is 1.49. The lowest BCUT2D eigenvalue weighted by atomic mass is 10.0. The molecule has 3 aromatic heterocycles. The van der Waals surface area contributed by atoms with E-state index >= 15 is 0 Å². The summed E-state index contributed by atoms with van der Waals surface area (Å²) < 4.78 is 1.69. The van der Waals surface area contributed by atoms with Gasteiger partial charge in [-0.15, -0.1) is 11.3 Å². The lowest BCUT2D eigenvalue weighted by molar-refractivity contribution is -0.122. The Morgan fingerprint density at radius 1 is 1.15 bits per heavy atom. The molecule has 3 amide bonds. The van der Waals surface area contributed by atoms with Gasteiger partial charge in [-0.1, -0.05) is 23.7 Å². The first-order valence-corrected chi connectivity index (χ1v) is 13.4. The molecule has 202 valence electrons. The van der Waals surface area contributed by atoms with Crippen molar-refractivity contribution in [3.05, 3.63) is 81.2 Å². The molecule has 3 atom stereocenters. The number of nitrogens with two attached hydrogens (primary N) is 1. The van der Waals surface area contributed by atoms with Crippen LogP contribution in [0.4, 0.5) is 0 Å². The van der Waals surface area contributed by atoms with Gasteiger partial charge in [0.25, 0.3) is 11.8 Å². The molecule has 13 heteroatoms. The molecule has 1 saturated heterocycles. The number of aromatic hydroxyl groups is 1. The molecule has 1 aliphatic rings. The predicted molar refractivity (Wildman–Crippen MR) is 146 cm³/mol. The molecule has 4 heterocycles. The summed E-state index contributed by atoms with van der Waals surface area (Å²) in [5.41, 5.74) is 7.99. The third kappa shape index (κ3) is 5.72. The first-order chi connectivity index (χ1) is 18.7. The lowest BCUT2D eigenvalue weighted by Crippen LogP contribution is -2.47. The number of carbonyl (C=O) groups is 3. The Balaban J connectivity index is 1.32. The number of nitrogens with one attached hydrogen (secondary N) is 2. The van der Waals surface area contributed by atoms with Gasteiger partial charge in [-0.3, -0.25) is 14.4 Å². The number of nitrogens with zero attached hydrogens (tertiary/aromatic N) is 4. The Labute approximate surface area is 232 Å². The lowest BCUT2D eigenvalue weighted by Gasteiger charge is -2.22. The maximum atomic E-state index is 13.4. The maximum Gasteiger partial charge on any atom is 0.274 e. The van der Waals surface area contributed by atoms with Crippen LogP contribution >= 0.6 is 22.9 Å². The second-order valence-corrected chi connectivity index (χ2v) is 10.6. The second kappa shape index (κ2) is 11.0. The summed E-state index contributed by atoms with van der Waals surface area (Å²) >= 11 is 7.31. The maximum absolute atomic E-state index is 13.4. The van der Waals surface area contributed by atoms with Crippen molar-refractivity contribution in [3.8, 4) is 5.75 Å². The van der Waals surface area contributed by atoms with Gasteiger partial charge < -0.3 is 30.8 Å². The Hall–Kier alpha value is -4.00. The van der Waals surface area contributed by atoms with E-state index in [9.17, 15) is 19.5 Å². The number of likely N-dealkylation sites (tertiary alicyclic amines) is 1. The molecule has 0 radical (unpaired) electrons. The van der Waals surface area contributed by atoms with E-state index in [0.29, 0.717) is 28.6 Å². The summed E-state index contributed by atoms with van der Waals surface area (Å²) in [6.07, 6.45) is 4.01. The zero-order chi connectivity index (χ0) is 27.7. The zero-order valence-electron chi connectivity index (χ0n) is 20.9. The number of hydrogen-bond donors (Lipinski definition) is 4. The Bertz CT molecular complexity index is 1540. The number of imidazole rings is 1. The highest BCUT2D eigenvalue weighted by molar-refractivity contribution is 7.09. The normalized spacial score (nSPS) is 17.8. The van der Waals surface area contributed by atoms with E-state index < -0.39 is 18.0 Å². The summed E-state index contributed by atoms with van der Waals surface area (Å²) in [5, 5.41) is 17.5. The van der Waals surface area contributed by atoms with E-state index in [1.165, 1.54) is 30.5 Å². The van der Waals surface area contributed by atoms with E-state index in [-0.39, 0.29) is 41.4 Å². The van der Waals surface area contributed by atoms with E-state index in [2.05, 4.69) is 20.6 Å². The standard InChI is InChI=1S/C26H26ClN7O4S/c1-29-23(36)18(8-14-2-5-17(35)6-3-14)31-24(37)20-13-39-25(32-20)21-9-16(28)11-34(21)26(38)19-12-33-10-15(27)4-7-22(33)30-19/h2-7,10,12-13,16,18,21,35H,8-9,11,28H2,1H3,(H,29,36)(H,31,37)/t16-,18+,21+/m1/s1. The van der Waals surface area contributed by atoms with Gasteiger partial charge >= 0.3 is 0 Å². The van der Waals surface area contributed by atoms with Crippen LogP contribution in [-0.2, 0) is 11.2 Å². The molecule has 4 aromatic rings. The van der Waals surface area contributed by atoms with Crippen LogP contribution in [0.25, 0.3) is 5.65 Å². The highest BCUT2D eigenvalue weighted by Gasteiger charge is 2.38. The molecule has 0 bridgehead atoms. The molecule has 11 nitrogen and oxygen atoms in total. The second-order valence-electron chi connectivity index (χ2n) is 9.29. The number of amides is 3. The Kier molecular flexibility index (Phi) is 7.51. The molecule has 1 aromatic carbocycles. The average Bonchev–Trinajstić information content (AvgIpc) is 3.66. The molecule has 1 fully saturated rings. The van der Waals surface area contributed by atoms with Crippen molar-refractivity contribution in [1.29, 1.82) is 0 Å². The van der Waals surface area contributed by atoms with Crippen LogP contribution in [0.5, 0.6) is 5.75 Å². The highest BCUT2D eigenvalue weighted by atomic mass is 35.5. The number of rotatable bonds is 7. The molecule has 0 spiro atoms. The first-order valence-electron chi connectivity index (χ1n) is 12.2. The molecule has 0 saturated carbocycles. The minimum Gasteiger partial charge on any atom is -0.508 e. The monoisotopic (exact) mass is 567 g/mol. The molecule has 1 aliphatic heterocycles. The summed E-state index contributed by atoms with van der Waals surface area (Å²) in [6, 6.07) is 8.32. The number of phenols is 1. The topological polar surface area (TPSA) is 155 Å². The minimum atomic E-state index is -0.848. The van der Waals surface area contributed by atoms with Gasteiger partial charge in [-0.05, 0) is 36.2 Å². The molecule has 0 unspecified atom stereocenters. The number of phenolic OH excluding ortho intramolecular Hbond substituents is 1. The molecule has 39 heavy (non-hydrogen) atoms. The third-order valence-electron chi connectivity index (χ3n) is 6.51. The number of carbonyl (C=O) groups excluding carboxylic acids is 3. The number of pyridine rings is 1. The largest absolute Gasteiger partial charge is 0.508 e. The number of fused-ring (bicyclic) bond motifs is 1. The number of thiazole rings is 1. The quantitative estimate of drug-likeness (QED) is 0.267. The van der Waals surface area contributed by atoms with Crippen molar-refractivity contribution in [1.82, 2.24) is 29.9 Å². The van der Waals surface area contributed by atoms with E-state index in [0.717, 1.165) is 5.56 Å². The van der Waals surface area contributed by atoms with Crippen molar-refractivity contribution in [3.63, 3.8) is 0 Å². The molecular weight excluding hydrogens is 542 g/mol. The summed E-state index contributed by atoms with van der Waals surface area (Å²) in [4.78, 5) is 49.5. The van der Waals surface area contributed by atoms with Gasteiger partial charge in [0.2, 0.25) is 5.91 Å². The van der Waals surface area contributed by atoms with E-state index in [1.807, 2.05) is 0 Å². The highest BCUT2D eigenvalue weighted by Crippen LogP contribution is 2.34. The number of aromatic nitrogens is 3. The molecule has 0 aliphatic carbocycles. The van der Waals surface area contributed by atoms with Crippen molar-refractivity contribution < 1.29 is 19.5 Å². The van der Waals surface area contributed by atoms with Crippen molar-refractivity contribution in [2.45, 2.75) is 31.0 Å². The van der Waals surface area contributed by atoms with Crippen LogP contribution in [-0.4, -0.2) is 67.8 Å². The van der Waals surface area contributed by atoms with Gasteiger partial charge in [0.1, 0.15) is 33.8 Å². The van der Waals surface area contributed by atoms with Crippen LogP contribution in [0.2, 0.25) is 5.02 Å². The number of halogens is 1. The Morgan fingerprint density at radius 3 is 2.67 bits per heavy atom. The number of hydrogen-bond acceptors (Lipinski definition) is 8. The van der Waals surface area contributed by atoms with E-state index in [4.69, 9.17) is 17.3 Å². The fraction of sp³-hybridized carbons (Fsp3) is 0.269. The minimum absolute atomic E-state index is 0.110. The number of likely N-dealkylation sites (N-methyl/N-ethyl adjacent to an activating group) is 1. The average molecular weight is 568 g/mol. The van der Waals surface area contributed by atoms with Crippen LogP contribution in [0.15, 0.2) is 54.2 Å². The van der Waals surface area contributed by atoms with Gasteiger partial charge in [-0.2, -0.15) is 0 Å². The van der Waals surface area contributed by atoms with Crippen molar-refractivity contribution >= 4 is 46.3 Å². The van der Waals surface area contributed by atoms with Gasteiger partial charge in [-0.25, -0.2) is 9.97 Å². The SMILES string of the molecule is CNC(=O)[C@H](Cc1ccc(O)cc1)NC(=O)c1csc([C@@H]2C[C@@H](N)CN2C(=O)c2cn3cc(Cl)ccc3n2)n1. The first kappa shape index (κ1) is 26.6. The van der Waals surface area contributed by atoms with Crippen molar-refractivity contribution in [2.75, 3.05) is 13.6 Å². The third-order valence-corrected chi connectivity index (χ3v) is 7.68. The fourth-order valence-electron chi connectivity index (χ4n) is 4.57. The van der Waals surface area contributed by atoms with Gasteiger partial charge in [0, 0.05) is 43.8 Å². The fourth-order valence-corrected chi connectivity index (χ4v) is 5.66.